The maximum Gasteiger partial charge on any atom is 0.328 e. The maximum absolute atomic E-state index is 13.1. The summed E-state index contributed by atoms with van der Waals surface area (Å²) in [4.78, 5) is 25.7. The van der Waals surface area contributed by atoms with E-state index in [9.17, 15) is 14.0 Å². The zero-order valence-corrected chi connectivity index (χ0v) is 12.4. The summed E-state index contributed by atoms with van der Waals surface area (Å²) >= 11 is 5.90. The molecule has 0 radical (unpaired) electrons. The van der Waals surface area contributed by atoms with Crippen molar-refractivity contribution in [1.29, 1.82) is 0 Å². The molecule has 0 aromatic heterocycles. The molecule has 2 atom stereocenters. The molecule has 1 fully saturated rings. The Hall–Kier alpha value is -1.66. The second-order valence-corrected chi connectivity index (χ2v) is 5.12. The van der Waals surface area contributed by atoms with Crippen LogP contribution in [-0.2, 0) is 14.3 Å². The molecule has 1 amide bonds. The first-order valence-electron chi connectivity index (χ1n) is 6.34. The normalized spacial score (nSPS) is 21.4. The molecule has 0 aliphatic carbocycles. The smallest absolute Gasteiger partial charge is 0.328 e. The number of carbonyl (C=O) groups excluding carboxylic acids is 2. The molecule has 1 heterocycles. The van der Waals surface area contributed by atoms with Crippen LogP contribution >= 0.6 is 11.6 Å². The van der Waals surface area contributed by atoms with Gasteiger partial charge in [0.05, 0.1) is 23.8 Å². The van der Waals surface area contributed by atoms with Crippen LogP contribution < -0.4 is 0 Å². The quantitative estimate of drug-likeness (QED) is 0.799. The lowest BCUT2D eigenvalue weighted by molar-refractivity contribution is -0.145. The SMILES string of the molecule is COC(=O)[C@@H]1C[C@H](OC)CN1C(=O)c1ccc(F)cc1Cl. The molecular weight excluding hydrogens is 301 g/mol. The highest BCUT2D eigenvalue weighted by Gasteiger charge is 2.41. The van der Waals surface area contributed by atoms with Crippen molar-refractivity contribution in [2.75, 3.05) is 20.8 Å². The molecular formula is C14H15ClFNO4. The van der Waals surface area contributed by atoms with Crippen LogP contribution in [0.5, 0.6) is 0 Å². The number of rotatable bonds is 3. The van der Waals surface area contributed by atoms with Gasteiger partial charge in [0.1, 0.15) is 11.9 Å². The summed E-state index contributed by atoms with van der Waals surface area (Å²) in [5.74, 6) is -1.49. The molecule has 5 nitrogen and oxygen atoms in total. The van der Waals surface area contributed by atoms with Crippen LogP contribution in [0.25, 0.3) is 0 Å². The number of hydrogen-bond acceptors (Lipinski definition) is 4. The van der Waals surface area contributed by atoms with E-state index in [2.05, 4.69) is 0 Å². The van der Waals surface area contributed by atoms with E-state index in [1.165, 1.54) is 25.2 Å². The van der Waals surface area contributed by atoms with Gasteiger partial charge < -0.3 is 14.4 Å². The van der Waals surface area contributed by atoms with Gasteiger partial charge >= 0.3 is 5.97 Å². The Labute approximate surface area is 126 Å². The number of halogens is 2. The largest absolute Gasteiger partial charge is 0.467 e. The molecule has 0 spiro atoms. The van der Waals surface area contributed by atoms with Gasteiger partial charge in [0, 0.05) is 20.1 Å². The lowest BCUT2D eigenvalue weighted by Gasteiger charge is -2.22. The summed E-state index contributed by atoms with van der Waals surface area (Å²) in [6, 6.07) is 2.78. The predicted molar refractivity (Wildman–Crippen MR) is 73.7 cm³/mol. The average Bonchev–Trinajstić information content (AvgIpc) is 2.90. The highest BCUT2D eigenvalue weighted by atomic mass is 35.5. The molecule has 1 aliphatic rings. The average molecular weight is 316 g/mol. The zero-order valence-electron chi connectivity index (χ0n) is 11.6. The lowest BCUT2D eigenvalue weighted by atomic mass is 10.1. The Bertz CT molecular complexity index is 566. The standard InChI is InChI=1S/C14H15ClFNO4/c1-20-9-6-12(14(19)21-2)17(7-9)13(18)10-4-3-8(16)5-11(10)15/h3-5,9,12H,6-7H2,1-2H3/t9-,12-/m0/s1. The first-order valence-corrected chi connectivity index (χ1v) is 6.72. The number of methoxy groups -OCH3 is 2. The minimum atomic E-state index is -0.728. The summed E-state index contributed by atoms with van der Waals surface area (Å²) in [5, 5.41) is 0.00415. The minimum Gasteiger partial charge on any atom is -0.467 e. The molecule has 1 aromatic rings. The molecule has 1 aromatic carbocycles. The minimum absolute atomic E-state index is 0.00415. The fraction of sp³-hybridized carbons (Fsp3) is 0.429. The van der Waals surface area contributed by atoms with Crippen LogP contribution in [0.4, 0.5) is 4.39 Å². The second-order valence-electron chi connectivity index (χ2n) is 4.71. The Morgan fingerprint density at radius 3 is 2.67 bits per heavy atom. The topological polar surface area (TPSA) is 55.8 Å². The third-order valence-corrected chi connectivity index (χ3v) is 3.80. The van der Waals surface area contributed by atoms with Crippen molar-refractivity contribution in [3.05, 3.63) is 34.6 Å². The molecule has 2 rings (SSSR count). The molecule has 7 heteroatoms. The van der Waals surface area contributed by atoms with Crippen molar-refractivity contribution >= 4 is 23.5 Å². The highest BCUT2D eigenvalue weighted by Crippen LogP contribution is 2.26. The fourth-order valence-corrected chi connectivity index (χ4v) is 2.62. The van der Waals surface area contributed by atoms with Crippen molar-refractivity contribution in [3.63, 3.8) is 0 Å². The predicted octanol–water partition coefficient (Wildman–Crippen LogP) is 1.88. The number of carbonyl (C=O) groups is 2. The monoisotopic (exact) mass is 315 g/mol. The fourth-order valence-electron chi connectivity index (χ4n) is 2.37. The third kappa shape index (κ3) is 3.16. The van der Waals surface area contributed by atoms with E-state index < -0.39 is 23.7 Å². The van der Waals surface area contributed by atoms with Crippen LogP contribution in [0.3, 0.4) is 0 Å². The Morgan fingerprint density at radius 1 is 1.38 bits per heavy atom. The molecule has 0 bridgehead atoms. The summed E-state index contributed by atoms with van der Waals surface area (Å²) in [7, 11) is 2.77. The van der Waals surface area contributed by atoms with Crippen LogP contribution in [0, 0.1) is 5.82 Å². The number of likely N-dealkylation sites (tertiary alicyclic amines) is 1. The maximum atomic E-state index is 13.1. The summed E-state index contributed by atoms with van der Waals surface area (Å²) < 4.78 is 23.0. The van der Waals surface area contributed by atoms with Crippen molar-refractivity contribution in [2.24, 2.45) is 0 Å². The van der Waals surface area contributed by atoms with E-state index in [0.717, 1.165) is 12.1 Å². The molecule has 1 aliphatic heterocycles. The van der Waals surface area contributed by atoms with Crippen molar-refractivity contribution in [1.82, 2.24) is 4.90 Å². The van der Waals surface area contributed by atoms with Gasteiger partial charge in [-0.25, -0.2) is 9.18 Å². The molecule has 0 saturated carbocycles. The Morgan fingerprint density at radius 2 is 2.10 bits per heavy atom. The first-order chi connectivity index (χ1) is 9.97. The third-order valence-electron chi connectivity index (χ3n) is 3.49. The van der Waals surface area contributed by atoms with Crippen LogP contribution in [-0.4, -0.2) is 49.7 Å². The van der Waals surface area contributed by atoms with Crippen molar-refractivity contribution < 1.29 is 23.5 Å². The number of hydrogen-bond donors (Lipinski definition) is 0. The highest BCUT2D eigenvalue weighted by molar-refractivity contribution is 6.33. The van der Waals surface area contributed by atoms with Crippen LogP contribution in [0.15, 0.2) is 18.2 Å². The zero-order chi connectivity index (χ0) is 15.6. The number of nitrogens with zero attached hydrogens (tertiary/aromatic N) is 1. The Balaban J connectivity index is 2.29. The van der Waals surface area contributed by atoms with E-state index in [1.54, 1.807) is 0 Å². The molecule has 114 valence electrons. The van der Waals surface area contributed by atoms with Gasteiger partial charge in [-0.3, -0.25) is 4.79 Å². The van der Waals surface area contributed by atoms with E-state index in [4.69, 9.17) is 21.1 Å². The van der Waals surface area contributed by atoms with Gasteiger partial charge in [0.15, 0.2) is 0 Å². The molecule has 0 N–H and O–H groups in total. The van der Waals surface area contributed by atoms with E-state index in [-0.39, 0.29) is 23.2 Å². The second kappa shape index (κ2) is 6.41. The van der Waals surface area contributed by atoms with Gasteiger partial charge in [0.2, 0.25) is 0 Å². The van der Waals surface area contributed by atoms with Gasteiger partial charge in [0.25, 0.3) is 5.91 Å². The summed E-state index contributed by atoms with van der Waals surface area (Å²) in [6.45, 7) is 0.253. The number of amides is 1. The van der Waals surface area contributed by atoms with Crippen LogP contribution in [0.1, 0.15) is 16.8 Å². The van der Waals surface area contributed by atoms with Crippen molar-refractivity contribution in [2.45, 2.75) is 18.6 Å². The molecule has 1 saturated heterocycles. The van der Waals surface area contributed by atoms with E-state index in [0.29, 0.717) is 6.42 Å². The number of ether oxygens (including phenoxy) is 2. The Kier molecular flexibility index (Phi) is 4.80. The van der Waals surface area contributed by atoms with Crippen molar-refractivity contribution in [3.8, 4) is 0 Å². The lowest BCUT2D eigenvalue weighted by Crippen LogP contribution is -2.41. The van der Waals surface area contributed by atoms with Gasteiger partial charge in [-0.2, -0.15) is 0 Å². The van der Waals surface area contributed by atoms with E-state index >= 15 is 0 Å². The summed E-state index contributed by atoms with van der Waals surface area (Å²) in [5.41, 5.74) is 0.142. The van der Waals surface area contributed by atoms with Gasteiger partial charge in [-0.15, -0.1) is 0 Å². The molecule has 0 unspecified atom stereocenters. The van der Waals surface area contributed by atoms with Crippen LogP contribution in [0.2, 0.25) is 5.02 Å². The first kappa shape index (κ1) is 15.7. The number of benzene rings is 1. The molecule has 21 heavy (non-hydrogen) atoms. The van der Waals surface area contributed by atoms with Gasteiger partial charge in [-0.1, -0.05) is 11.6 Å². The van der Waals surface area contributed by atoms with E-state index in [1.807, 2.05) is 0 Å². The summed E-state index contributed by atoms with van der Waals surface area (Å²) in [6.07, 6.45) is 0.102. The number of esters is 1. The van der Waals surface area contributed by atoms with Gasteiger partial charge in [-0.05, 0) is 18.2 Å².